The van der Waals surface area contributed by atoms with Crippen LogP contribution in [0.25, 0.3) is 0 Å². The van der Waals surface area contributed by atoms with Crippen LogP contribution >= 0.6 is 0 Å². The van der Waals surface area contributed by atoms with Gasteiger partial charge in [-0.25, -0.2) is 9.97 Å². The first kappa shape index (κ1) is 12.0. The molecule has 0 aliphatic heterocycles. The molecule has 1 atom stereocenters. The summed E-state index contributed by atoms with van der Waals surface area (Å²) >= 11 is 0. The average Bonchev–Trinajstić information content (AvgIpc) is 2.83. The fourth-order valence-electron chi connectivity index (χ4n) is 1.97. The molecule has 0 spiro atoms. The molecule has 1 aliphatic rings. The zero-order valence-electron chi connectivity index (χ0n) is 9.71. The minimum Gasteiger partial charge on any atom is -0.461 e. The Bertz CT molecular complexity index is 363. The Balaban J connectivity index is 1.82. The van der Waals surface area contributed by atoms with E-state index >= 15 is 0 Å². The number of nitrogens with zero attached hydrogens (tertiary/aromatic N) is 2. The summed E-state index contributed by atoms with van der Waals surface area (Å²) in [5.74, 6) is 0.229. The second-order valence-corrected chi connectivity index (χ2v) is 4.32. The van der Waals surface area contributed by atoms with E-state index in [0.29, 0.717) is 12.2 Å². The highest BCUT2D eigenvalue weighted by molar-refractivity contribution is 5.75. The number of nitrogens with two attached hydrogens (primary N) is 1. The van der Waals surface area contributed by atoms with Crippen molar-refractivity contribution in [3.05, 3.63) is 24.3 Å². The second kappa shape index (κ2) is 5.72. The number of rotatable bonds is 4. The van der Waals surface area contributed by atoms with Crippen LogP contribution < -0.4 is 5.73 Å². The number of esters is 1. The largest absolute Gasteiger partial charge is 0.461 e. The van der Waals surface area contributed by atoms with Gasteiger partial charge in [0.05, 0.1) is 0 Å². The molecule has 1 fully saturated rings. The first-order chi connectivity index (χ1) is 8.25. The molecule has 1 saturated carbocycles. The van der Waals surface area contributed by atoms with Crippen LogP contribution in [0.5, 0.6) is 0 Å². The molecule has 2 rings (SSSR count). The summed E-state index contributed by atoms with van der Waals surface area (Å²) in [4.78, 5) is 19.8. The molecule has 1 unspecified atom stereocenters. The van der Waals surface area contributed by atoms with Crippen molar-refractivity contribution >= 4 is 5.97 Å². The van der Waals surface area contributed by atoms with Crippen LogP contribution in [0.4, 0.5) is 0 Å². The lowest BCUT2D eigenvalue weighted by atomic mass is 10.2. The van der Waals surface area contributed by atoms with Crippen molar-refractivity contribution in [3.63, 3.8) is 0 Å². The average molecular weight is 235 g/mol. The Morgan fingerprint density at radius 2 is 2.06 bits per heavy atom. The molecular weight excluding hydrogens is 218 g/mol. The maximum atomic E-state index is 11.7. The fraction of sp³-hybridized carbons (Fsp3) is 0.583. The van der Waals surface area contributed by atoms with Gasteiger partial charge in [-0.15, -0.1) is 0 Å². The highest BCUT2D eigenvalue weighted by atomic mass is 16.5. The Morgan fingerprint density at radius 3 is 2.71 bits per heavy atom. The SMILES string of the molecule is NC(Cc1ncccn1)C(=O)OC1CCCC1. The molecule has 0 aromatic carbocycles. The van der Waals surface area contributed by atoms with Crippen LogP contribution in [0.1, 0.15) is 31.5 Å². The number of hydrogen-bond acceptors (Lipinski definition) is 5. The van der Waals surface area contributed by atoms with Crippen molar-refractivity contribution in [1.29, 1.82) is 0 Å². The van der Waals surface area contributed by atoms with Gasteiger partial charge in [-0.2, -0.15) is 0 Å². The first-order valence-corrected chi connectivity index (χ1v) is 5.97. The summed E-state index contributed by atoms with van der Waals surface area (Å²) in [6.07, 6.45) is 7.84. The fourth-order valence-corrected chi connectivity index (χ4v) is 1.97. The maximum absolute atomic E-state index is 11.7. The molecule has 1 heterocycles. The van der Waals surface area contributed by atoms with Gasteiger partial charge in [-0.05, 0) is 31.7 Å². The smallest absolute Gasteiger partial charge is 0.323 e. The van der Waals surface area contributed by atoms with Crippen LogP contribution in [0.2, 0.25) is 0 Å². The predicted molar refractivity (Wildman–Crippen MR) is 62.1 cm³/mol. The van der Waals surface area contributed by atoms with Gasteiger partial charge in [0.25, 0.3) is 0 Å². The Hall–Kier alpha value is -1.49. The second-order valence-electron chi connectivity index (χ2n) is 4.32. The van der Waals surface area contributed by atoms with E-state index in [1.807, 2.05) is 0 Å². The number of hydrogen-bond donors (Lipinski definition) is 1. The molecule has 5 heteroatoms. The minimum atomic E-state index is -0.669. The quantitative estimate of drug-likeness (QED) is 0.782. The number of aromatic nitrogens is 2. The molecule has 0 bridgehead atoms. The third-order valence-electron chi connectivity index (χ3n) is 2.91. The predicted octanol–water partition coefficient (Wildman–Crippen LogP) is 0.832. The van der Waals surface area contributed by atoms with Crippen LogP contribution in [-0.4, -0.2) is 28.1 Å². The normalized spacial score (nSPS) is 17.9. The molecule has 1 aromatic heterocycles. The molecule has 92 valence electrons. The van der Waals surface area contributed by atoms with Gasteiger partial charge in [-0.1, -0.05) is 0 Å². The Labute approximate surface area is 100 Å². The molecule has 1 aliphatic carbocycles. The number of carbonyl (C=O) groups is 1. The highest BCUT2D eigenvalue weighted by Gasteiger charge is 2.23. The molecule has 5 nitrogen and oxygen atoms in total. The Kier molecular flexibility index (Phi) is 4.03. The molecular formula is C12H17N3O2. The summed E-state index contributed by atoms with van der Waals surface area (Å²) in [6.45, 7) is 0. The van der Waals surface area contributed by atoms with E-state index in [-0.39, 0.29) is 12.1 Å². The van der Waals surface area contributed by atoms with E-state index in [4.69, 9.17) is 10.5 Å². The molecule has 0 amide bonds. The Morgan fingerprint density at radius 1 is 1.41 bits per heavy atom. The van der Waals surface area contributed by atoms with Gasteiger partial charge in [0.15, 0.2) is 0 Å². The van der Waals surface area contributed by atoms with Gasteiger partial charge in [-0.3, -0.25) is 4.79 Å². The van der Waals surface area contributed by atoms with Gasteiger partial charge in [0.2, 0.25) is 0 Å². The summed E-state index contributed by atoms with van der Waals surface area (Å²) in [5, 5.41) is 0. The van der Waals surface area contributed by atoms with Gasteiger partial charge in [0.1, 0.15) is 18.0 Å². The third-order valence-corrected chi connectivity index (χ3v) is 2.91. The zero-order chi connectivity index (χ0) is 12.1. The van der Waals surface area contributed by atoms with Crippen molar-refractivity contribution < 1.29 is 9.53 Å². The van der Waals surface area contributed by atoms with E-state index in [1.54, 1.807) is 18.5 Å². The molecule has 0 saturated heterocycles. The molecule has 0 radical (unpaired) electrons. The van der Waals surface area contributed by atoms with Crippen molar-refractivity contribution in [2.45, 2.75) is 44.2 Å². The molecule has 1 aromatic rings. The topological polar surface area (TPSA) is 78.1 Å². The van der Waals surface area contributed by atoms with Gasteiger partial charge >= 0.3 is 5.97 Å². The maximum Gasteiger partial charge on any atom is 0.323 e. The van der Waals surface area contributed by atoms with E-state index in [0.717, 1.165) is 25.7 Å². The lowest BCUT2D eigenvalue weighted by Gasteiger charge is -2.15. The summed E-state index contributed by atoms with van der Waals surface area (Å²) in [7, 11) is 0. The lowest BCUT2D eigenvalue weighted by molar-refractivity contribution is -0.150. The van der Waals surface area contributed by atoms with Crippen molar-refractivity contribution in [3.8, 4) is 0 Å². The highest BCUT2D eigenvalue weighted by Crippen LogP contribution is 2.21. The van der Waals surface area contributed by atoms with E-state index < -0.39 is 6.04 Å². The van der Waals surface area contributed by atoms with Crippen molar-refractivity contribution in [2.24, 2.45) is 5.73 Å². The van der Waals surface area contributed by atoms with Crippen molar-refractivity contribution in [1.82, 2.24) is 9.97 Å². The number of ether oxygens (including phenoxy) is 1. The molecule has 2 N–H and O–H groups in total. The van der Waals surface area contributed by atoms with E-state index in [2.05, 4.69) is 9.97 Å². The van der Waals surface area contributed by atoms with Crippen LogP contribution in [0.3, 0.4) is 0 Å². The summed E-state index contributed by atoms with van der Waals surface area (Å²) in [5.41, 5.74) is 5.77. The van der Waals surface area contributed by atoms with Crippen LogP contribution in [0, 0.1) is 0 Å². The van der Waals surface area contributed by atoms with E-state index in [9.17, 15) is 4.79 Å². The number of carbonyl (C=O) groups excluding carboxylic acids is 1. The monoisotopic (exact) mass is 235 g/mol. The summed E-state index contributed by atoms with van der Waals surface area (Å²) in [6, 6.07) is 1.06. The zero-order valence-corrected chi connectivity index (χ0v) is 9.71. The van der Waals surface area contributed by atoms with Gasteiger partial charge in [0, 0.05) is 18.8 Å². The minimum absolute atomic E-state index is 0.0604. The van der Waals surface area contributed by atoms with Crippen LogP contribution in [-0.2, 0) is 16.0 Å². The third kappa shape index (κ3) is 3.49. The lowest BCUT2D eigenvalue weighted by Crippen LogP contribution is -2.36. The summed E-state index contributed by atoms with van der Waals surface area (Å²) < 4.78 is 5.33. The van der Waals surface area contributed by atoms with Crippen molar-refractivity contribution in [2.75, 3.05) is 0 Å². The standard InChI is InChI=1S/C12H17N3O2/c13-10(8-11-14-6-3-7-15-11)12(16)17-9-4-1-2-5-9/h3,6-7,9-10H,1-2,4-5,8,13H2. The van der Waals surface area contributed by atoms with Gasteiger partial charge < -0.3 is 10.5 Å². The van der Waals surface area contributed by atoms with E-state index in [1.165, 1.54) is 0 Å². The molecule has 17 heavy (non-hydrogen) atoms. The first-order valence-electron chi connectivity index (χ1n) is 5.97. The van der Waals surface area contributed by atoms with Crippen LogP contribution in [0.15, 0.2) is 18.5 Å².